The van der Waals surface area contributed by atoms with Gasteiger partial charge >= 0.3 is 0 Å². The van der Waals surface area contributed by atoms with Gasteiger partial charge in [0.15, 0.2) is 0 Å². The number of benzene rings is 2. The Morgan fingerprint density at radius 1 is 1.11 bits per heavy atom. The number of aromatic nitrogens is 1. The van der Waals surface area contributed by atoms with Crippen molar-refractivity contribution in [2.45, 2.75) is 37.6 Å². The van der Waals surface area contributed by atoms with Crippen LogP contribution in [0, 0.1) is 6.92 Å². The highest BCUT2D eigenvalue weighted by molar-refractivity contribution is 7.89. The molecule has 0 unspecified atom stereocenters. The van der Waals surface area contributed by atoms with Gasteiger partial charge in [0.1, 0.15) is 4.90 Å². The fourth-order valence-electron chi connectivity index (χ4n) is 4.89. The average Bonchev–Trinajstić information content (AvgIpc) is 3.37. The van der Waals surface area contributed by atoms with Crippen LogP contribution in [-0.2, 0) is 21.2 Å². The first-order valence-electron chi connectivity index (χ1n) is 12.2. The molecule has 0 saturated carbocycles. The summed E-state index contributed by atoms with van der Waals surface area (Å²) in [5.41, 5.74) is 3.75. The van der Waals surface area contributed by atoms with Crippen LogP contribution in [0.3, 0.4) is 0 Å². The number of thiophene rings is 1. The highest BCUT2D eigenvalue weighted by atomic mass is 32.2. The molecule has 5 rings (SSSR count). The Kier molecular flexibility index (Phi) is 6.92. The van der Waals surface area contributed by atoms with E-state index in [0.29, 0.717) is 18.5 Å². The number of sulfonamides is 1. The summed E-state index contributed by atoms with van der Waals surface area (Å²) in [6.07, 6.45) is 2.96. The molecule has 4 aromatic rings. The third-order valence-electron chi connectivity index (χ3n) is 6.68. The normalized spacial score (nSPS) is 15.9. The molecule has 0 saturated heterocycles. The lowest BCUT2D eigenvalue weighted by Gasteiger charge is -2.37. The third-order valence-corrected chi connectivity index (χ3v) is 9.55. The number of rotatable bonds is 7. The van der Waals surface area contributed by atoms with E-state index in [4.69, 9.17) is 0 Å². The summed E-state index contributed by atoms with van der Waals surface area (Å²) in [5.74, 6) is -0.192. The Labute approximate surface area is 216 Å². The minimum atomic E-state index is -3.94. The van der Waals surface area contributed by atoms with Crippen LogP contribution >= 0.6 is 11.3 Å². The van der Waals surface area contributed by atoms with Gasteiger partial charge in [-0.2, -0.15) is 4.31 Å². The first-order chi connectivity index (χ1) is 17.4. The molecule has 0 spiro atoms. The number of nitrogens with zero attached hydrogens (tertiary/aromatic N) is 3. The van der Waals surface area contributed by atoms with Crippen molar-refractivity contribution in [2.24, 2.45) is 0 Å². The van der Waals surface area contributed by atoms with Crippen LogP contribution in [0.2, 0.25) is 0 Å². The largest absolute Gasteiger partial charge is 0.330 e. The second-order valence-corrected chi connectivity index (χ2v) is 12.0. The van der Waals surface area contributed by atoms with Crippen molar-refractivity contribution in [3.8, 4) is 0 Å². The smallest absolute Gasteiger partial charge is 0.245 e. The van der Waals surface area contributed by atoms with E-state index in [9.17, 15) is 13.2 Å². The Balaban J connectivity index is 1.49. The van der Waals surface area contributed by atoms with Crippen LogP contribution in [0.25, 0.3) is 10.9 Å². The summed E-state index contributed by atoms with van der Waals surface area (Å²) in [4.78, 5) is 21.4. The second kappa shape index (κ2) is 10.1. The number of pyridine rings is 1. The molecule has 1 aliphatic rings. The maximum absolute atomic E-state index is 13.8. The zero-order valence-corrected chi connectivity index (χ0v) is 22.1. The van der Waals surface area contributed by atoms with Crippen LogP contribution < -0.4 is 0 Å². The molecule has 0 bridgehead atoms. The van der Waals surface area contributed by atoms with E-state index in [0.717, 1.165) is 28.5 Å². The molecule has 1 aliphatic heterocycles. The van der Waals surface area contributed by atoms with Gasteiger partial charge in [-0.25, -0.2) is 8.42 Å². The number of para-hydroxylation sites is 1. The molecule has 2 aromatic carbocycles. The predicted octanol–water partition coefficient (Wildman–Crippen LogP) is 5.18. The van der Waals surface area contributed by atoms with Crippen LogP contribution in [0.5, 0.6) is 0 Å². The van der Waals surface area contributed by atoms with Gasteiger partial charge in [0.25, 0.3) is 0 Å². The van der Waals surface area contributed by atoms with Gasteiger partial charge < -0.3 is 4.90 Å². The maximum atomic E-state index is 13.8. The minimum Gasteiger partial charge on any atom is -0.330 e. The van der Waals surface area contributed by atoms with E-state index < -0.39 is 10.0 Å². The molecule has 8 heteroatoms. The summed E-state index contributed by atoms with van der Waals surface area (Å²) in [6.45, 7) is 4.56. The Hall–Kier alpha value is -3.07. The average molecular weight is 520 g/mol. The number of fused-ring (bicyclic) bond motifs is 2. The van der Waals surface area contributed by atoms with Gasteiger partial charge in [-0.1, -0.05) is 55.0 Å². The van der Waals surface area contributed by atoms with E-state index in [2.05, 4.69) is 40.7 Å². The molecule has 1 atom stereocenters. The Bertz CT molecular complexity index is 1490. The molecular weight excluding hydrogens is 490 g/mol. The van der Waals surface area contributed by atoms with Gasteiger partial charge in [0.2, 0.25) is 15.9 Å². The molecule has 36 heavy (non-hydrogen) atoms. The molecule has 3 heterocycles. The lowest BCUT2D eigenvalue weighted by Crippen LogP contribution is -2.47. The third kappa shape index (κ3) is 4.56. The topological polar surface area (TPSA) is 70.6 Å². The first kappa shape index (κ1) is 24.6. The predicted molar refractivity (Wildman–Crippen MR) is 144 cm³/mol. The fourth-order valence-corrected chi connectivity index (χ4v) is 7.44. The highest BCUT2D eigenvalue weighted by Crippen LogP contribution is 2.38. The van der Waals surface area contributed by atoms with Crippen molar-refractivity contribution >= 4 is 38.2 Å². The van der Waals surface area contributed by atoms with Crippen LogP contribution in [-0.4, -0.2) is 48.1 Å². The van der Waals surface area contributed by atoms with E-state index in [1.807, 2.05) is 30.9 Å². The number of carbonyl (C=O) groups is 1. The summed E-state index contributed by atoms with van der Waals surface area (Å²) in [5, 5.41) is 2.82. The lowest BCUT2D eigenvalue weighted by atomic mass is 9.92. The minimum absolute atomic E-state index is 0.135. The summed E-state index contributed by atoms with van der Waals surface area (Å²) in [7, 11) is -3.94. The highest BCUT2D eigenvalue weighted by Gasteiger charge is 2.36. The Morgan fingerprint density at radius 2 is 1.89 bits per heavy atom. The van der Waals surface area contributed by atoms with Crippen LogP contribution in [0.15, 0.2) is 77.1 Å². The fraction of sp³-hybridized carbons (Fsp3) is 0.286. The number of hydrogen-bond acceptors (Lipinski definition) is 5. The number of amides is 1. The molecule has 186 valence electrons. The number of carbonyl (C=O) groups excluding carboxylic acids is 1. The van der Waals surface area contributed by atoms with Gasteiger partial charge in [-0.05, 0) is 54.5 Å². The maximum Gasteiger partial charge on any atom is 0.245 e. The van der Waals surface area contributed by atoms with E-state index >= 15 is 0 Å². The van der Waals surface area contributed by atoms with E-state index in [1.54, 1.807) is 35.7 Å². The molecule has 2 aromatic heterocycles. The first-order valence-corrected chi connectivity index (χ1v) is 14.5. The number of hydrogen-bond donors (Lipinski definition) is 0. The molecule has 0 aliphatic carbocycles. The van der Waals surface area contributed by atoms with Gasteiger partial charge in [-0.15, -0.1) is 11.3 Å². The summed E-state index contributed by atoms with van der Waals surface area (Å²) >= 11 is 1.71. The van der Waals surface area contributed by atoms with Gasteiger partial charge in [0, 0.05) is 29.5 Å². The second-order valence-electron chi connectivity index (χ2n) is 9.12. The van der Waals surface area contributed by atoms with Crippen LogP contribution in [0.4, 0.5) is 0 Å². The Morgan fingerprint density at radius 3 is 2.67 bits per heavy atom. The molecular formula is C28H29N3O3S2. The van der Waals surface area contributed by atoms with Crippen molar-refractivity contribution in [1.29, 1.82) is 0 Å². The molecule has 0 N–H and O–H groups in total. The zero-order chi connectivity index (χ0) is 25.3. The van der Waals surface area contributed by atoms with E-state index in [-0.39, 0.29) is 29.9 Å². The van der Waals surface area contributed by atoms with Crippen molar-refractivity contribution in [2.75, 3.05) is 19.6 Å². The standard InChI is InChI=1S/C28H29N3O3S2/c1-3-16-30(36(33,34)25-8-4-6-21-7-5-15-29-27(21)25)19-26(32)31-17-13-24-23(14-18-35-24)28(31)22-11-9-20(2)10-12-22/h4-12,14-15,18,28H,3,13,16-17,19H2,1-2H3/t28-/m0/s1. The molecule has 6 nitrogen and oxygen atoms in total. The lowest BCUT2D eigenvalue weighted by molar-refractivity contribution is -0.133. The monoisotopic (exact) mass is 519 g/mol. The van der Waals surface area contributed by atoms with Crippen molar-refractivity contribution in [3.05, 3.63) is 93.8 Å². The van der Waals surface area contributed by atoms with E-state index in [1.165, 1.54) is 9.18 Å². The quantitative estimate of drug-likeness (QED) is 0.337. The zero-order valence-electron chi connectivity index (χ0n) is 20.4. The summed E-state index contributed by atoms with van der Waals surface area (Å²) < 4.78 is 28.9. The SMILES string of the molecule is CCCN(CC(=O)N1CCc2sccc2[C@@H]1c1ccc(C)cc1)S(=O)(=O)c1cccc2cccnc12. The molecule has 1 amide bonds. The number of aryl methyl sites for hydroxylation is 1. The summed E-state index contributed by atoms with van der Waals surface area (Å²) in [6, 6.07) is 18.9. The van der Waals surface area contributed by atoms with Crippen molar-refractivity contribution < 1.29 is 13.2 Å². The van der Waals surface area contributed by atoms with Crippen molar-refractivity contribution in [3.63, 3.8) is 0 Å². The molecule has 0 radical (unpaired) electrons. The van der Waals surface area contributed by atoms with Crippen LogP contribution in [0.1, 0.15) is 41.0 Å². The molecule has 0 fully saturated rings. The van der Waals surface area contributed by atoms with Crippen molar-refractivity contribution in [1.82, 2.24) is 14.2 Å². The van der Waals surface area contributed by atoms with Gasteiger partial charge in [0.05, 0.1) is 18.1 Å². The van der Waals surface area contributed by atoms with Gasteiger partial charge in [-0.3, -0.25) is 9.78 Å².